The molecule has 5 N–H and O–H groups in total. The molecule has 0 spiro atoms. The molecular weight excluding hydrogens is 228 g/mol. The van der Waals surface area contributed by atoms with Crippen LogP contribution in [0.2, 0.25) is 0 Å². The number of aliphatic imine (C=N–C) groups is 2. The van der Waals surface area contributed by atoms with Gasteiger partial charge >= 0.3 is 0 Å². The lowest BCUT2D eigenvalue weighted by atomic mass is 10.1. The zero-order chi connectivity index (χ0) is 13.5. The van der Waals surface area contributed by atoms with Crippen LogP contribution < -0.4 is 5.73 Å². The molecule has 0 aliphatic carbocycles. The minimum Gasteiger partial charge on any atom is -0.394 e. The van der Waals surface area contributed by atoms with Gasteiger partial charge in [-0.05, 0) is 0 Å². The van der Waals surface area contributed by atoms with Crippen molar-refractivity contribution in [3.63, 3.8) is 0 Å². The predicted octanol–water partition coefficient (Wildman–Crippen LogP) is -2.44. The molecule has 8 nitrogen and oxygen atoms in total. The summed E-state index contributed by atoms with van der Waals surface area (Å²) >= 11 is 0. The lowest BCUT2D eigenvalue weighted by molar-refractivity contribution is -0.0607. The van der Waals surface area contributed by atoms with E-state index in [2.05, 4.69) is 16.6 Å². The number of nitrogens with two attached hydrogens (primary N) is 1. The Balaban J connectivity index is 2.21. The Morgan fingerprint density at radius 3 is 2.82 bits per heavy atom. The van der Waals surface area contributed by atoms with Crippen molar-refractivity contribution in [1.82, 2.24) is 4.90 Å². The van der Waals surface area contributed by atoms with Gasteiger partial charge in [0.1, 0.15) is 30.4 Å². The van der Waals surface area contributed by atoms with E-state index in [-0.39, 0.29) is 11.8 Å². The second-order valence-electron chi connectivity index (χ2n) is 3.61. The lowest BCUT2D eigenvalue weighted by Crippen LogP contribution is -2.44. The number of guanidine groups is 1. The van der Waals surface area contributed by atoms with E-state index in [1.54, 1.807) is 0 Å². The van der Waals surface area contributed by atoms with Crippen LogP contribution in [0.1, 0.15) is 1.37 Å². The Hall–Kier alpha value is -1.48. The zero-order valence-corrected chi connectivity index (χ0v) is 8.89. The van der Waals surface area contributed by atoms with Crippen LogP contribution in [0.3, 0.4) is 0 Å². The highest BCUT2D eigenvalue weighted by Gasteiger charge is 2.45. The lowest BCUT2D eigenvalue weighted by Gasteiger charge is -2.29. The molecule has 2 aliphatic rings. The van der Waals surface area contributed by atoms with Crippen molar-refractivity contribution in [3.05, 3.63) is 12.4 Å². The molecule has 2 heterocycles. The SMILES string of the molecule is [2H][C@]1(CO)O[C@@H](N2C=NC(N)=NC2=C)C(O)[C@H]1O. The van der Waals surface area contributed by atoms with Gasteiger partial charge in [-0.1, -0.05) is 6.58 Å². The predicted molar refractivity (Wildman–Crippen MR) is 58.9 cm³/mol. The molecule has 0 bridgehead atoms. The summed E-state index contributed by atoms with van der Waals surface area (Å²) in [4.78, 5) is 8.72. The van der Waals surface area contributed by atoms with E-state index >= 15 is 0 Å². The van der Waals surface area contributed by atoms with Crippen LogP contribution in [0, 0.1) is 0 Å². The molecule has 1 saturated heterocycles. The first-order chi connectivity index (χ1) is 8.39. The molecule has 17 heavy (non-hydrogen) atoms. The highest BCUT2D eigenvalue weighted by atomic mass is 16.6. The average molecular weight is 243 g/mol. The van der Waals surface area contributed by atoms with Gasteiger partial charge in [0.15, 0.2) is 6.23 Å². The number of aliphatic hydroxyl groups excluding tert-OH is 3. The second-order valence-corrected chi connectivity index (χ2v) is 3.61. The monoisotopic (exact) mass is 243 g/mol. The number of hydrogen-bond acceptors (Lipinski definition) is 8. The third-order valence-corrected chi connectivity index (χ3v) is 2.50. The smallest absolute Gasteiger partial charge is 0.223 e. The van der Waals surface area contributed by atoms with E-state index < -0.39 is 31.1 Å². The fourth-order valence-corrected chi connectivity index (χ4v) is 1.61. The Morgan fingerprint density at radius 1 is 1.59 bits per heavy atom. The van der Waals surface area contributed by atoms with Gasteiger partial charge in [0.05, 0.1) is 7.98 Å². The van der Waals surface area contributed by atoms with Gasteiger partial charge in [0.2, 0.25) is 5.96 Å². The molecule has 94 valence electrons. The van der Waals surface area contributed by atoms with Gasteiger partial charge in [-0.15, -0.1) is 0 Å². The standard InChI is InChI=1S/C9H14N4O4/c1-4-12-9(10)11-3-13(4)8-7(16)6(15)5(2-14)17-8/h3,5-8,14-16H,1-2H2,(H2,10,12)/t5-,6+,7?,8-/m1/s1/i5D. The number of ether oxygens (including phenoxy) is 1. The normalized spacial score (nSPS) is 42.6. The molecule has 2 rings (SSSR count). The van der Waals surface area contributed by atoms with Gasteiger partial charge in [-0.2, -0.15) is 4.99 Å². The third-order valence-electron chi connectivity index (χ3n) is 2.50. The quantitative estimate of drug-likeness (QED) is 0.427. The minimum atomic E-state index is -2.00. The molecule has 0 saturated carbocycles. The third kappa shape index (κ3) is 2.03. The Morgan fingerprint density at radius 2 is 2.29 bits per heavy atom. The van der Waals surface area contributed by atoms with E-state index in [1.807, 2.05) is 0 Å². The van der Waals surface area contributed by atoms with E-state index in [4.69, 9.17) is 16.9 Å². The highest BCUT2D eigenvalue weighted by molar-refractivity contribution is 5.89. The van der Waals surface area contributed by atoms with Gasteiger partial charge < -0.3 is 25.8 Å². The molecule has 0 amide bonds. The van der Waals surface area contributed by atoms with E-state index in [0.717, 1.165) is 0 Å². The van der Waals surface area contributed by atoms with Crippen molar-refractivity contribution in [2.24, 2.45) is 15.7 Å². The minimum absolute atomic E-state index is 0.00331. The maximum atomic E-state index is 9.83. The summed E-state index contributed by atoms with van der Waals surface area (Å²) in [6, 6.07) is 0. The van der Waals surface area contributed by atoms with Crippen LogP contribution >= 0.6 is 0 Å². The fraction of sp³-hybridized carbons (Fsp3) is 0.556. The number of rotatable bonds is 2. The first kappa shape index (κ1) is 10.7. The fourth-order valence-electron chi connectivity index (χ4n) is 1.61. The van der Waals surface area contributed by atoms with Crippen molar-refractivity contribution in [3.8, 4) is 0 Å². The largest absolute Gasteiger partial charge is 0.394 e. The summed E-state index contributed by atoms with van der Waals surface area (Å²) in [6.45, 7) is 2.84. The number of nitrogens with zero attached hydrogens (tertiary/aromatic N) is 3. The van der Waals surface area contributed by atoms with Gasteiger partial charge in [0.25, 0.3) is 0 Å². The van der Waals surface area contributed by atoms with Crippen LogP contribution in [0.5, 0.6) is 0 Å². The molecule has 1 fully saturated rings. The first-order valence-corrected chi connectivity index (χ1v) is 4.89. The summed E-state index contributed by atoms with van der Waals surface area (Å²) in [5.41, 5.74) is 5.36. The van der Waals surface area contributed by atoms with Crippen LogP contribution in [-0.4, -0.2) is 63.6 Å². The summed E-state index contributed by atoms with van der Waals surface area (Å²) in [5, 5.41) is 28.5. The van der Waals surface area contributed by atoms with Crippen molar-refractivity contribution in [2.45, 2.75) is 24.5 Å². The molecule has 1 unspecified atom stereocenters. The summed E-state index contributed by atoms with van der Waals surface area (Å²) in [7, 11) is 0. The van der Waals surface area contributed by atoms with Crippen LogP contribution in [0.15, 0.2) is 22.4 Å². The molecule has 4 atom stereocenters. The van der Waals surface area contributed by atoms with Crippen LogP contribution in [0.25, 0.3) is 0 Å². The maximum Gasteiger partial charge on any atom is 0.223 e. The second kappa shape index (κ2) is 4.41. The topological polar surface area (TPSA) is 124 Å². The first-order valence-electron chi connectivity index (χ1n) is 5.39. The van der Waals surface area contributed by atoms with E-state index in [1.165, 1.54) is 11.2 Å². The molecule has 0 aromatic carbocycles. The highest BCUT2D eigenvalue weighted by Crippen LogP contribution is 2.26. The number of aliphatic hydroxyl groups is 3. The van der Waals surface area contributed by atoms with E-state index in [0.29, 0.717) is 0 Å². The molecule has 0 radical (unpaired) electrons. The zero-order valence-electron chi connectivity index (χ0n) is 9.89. The maximum absolute atomic E-state index is 9.83. The Kier molecular flexibility index (Phi) is 2.77. The van der Waals surface area contributed by atoms with Gasteiger partial charge in [-0.25, -0.2) is 4.99 Å². The van der Waals surface area contributed by atoms with Crippen molar-refractivity contribution < 1.29 is 21.4 Å². The summed E-state index contributed by atoms with van der Waals surface area (Å²) < 4.78 is 12.8. The average Bonchev–Trinajstić information content (AvgIpc) is 2.55. The molecular formula is C9H14N4O4. The molecule has 8 heteroatoms. The molecule has 0 aromatic rings. The van der Waals surface area contributed by atoms with Gasteiger partial charge in [-0.3, -0.25) is 4.90 Å². The summed E-state index contributed by atoms with van der Waals surface area (Å²) in [5.74, 6) is 0.157. The molecule has 2 aliphatic heterocycles. The van der Waals surface area contributed by atoms with E-state index in [9.17, 15) is 10.2 Å². The Bertz CT molecular complexity index is 429. The van der Waals surface area contributed by atoms with Crippen LogP contribution in [0.4, 0.5) is 0 Å². The van der Waals surface area contributed by atoms with Crippen molar-refractivity contribution >= 4 is 12.3 Å². The molecule has 0 aromatic heterocycles. The Labute approximate surface area is 98.7 Å². The number of hydrogen-bond donors (Lipinski definition) is 4. The summed E-state index contributed by atoms with van der Waals surface area (Å²) in [6.07, 6.45) is -4.85. The van der Waals surface area contributed by atoms with Gasteiger partial charge in [0, 0.05) is 0 Å². The van der Waals surface area contributed by atoms with Crippen molar-refractivity contribution in [2.75, 3.05) is 6.61 Å². The van der Waals surface area contributed by atoms with Crippen molar-refractivity contribution in [1.29, 1.82) is 0 Å². The van der Waals surface area contributed by atoms with Crippen LogP contribution in [-0.2, 0) is 4.74 Å².